The van der Waals surface area contributed by atoms with Crippen LogP contribution in [0.1, 0.15) is 0 Å². The third-order valence-electron chi connectivity index (χ3n) is 0.535. The topological polar surface area (TPSA) is 43.4 Å². The van der Waals surface area contributed by atoms with Crippen molar-refractivity contribution in [1.82, 2.24) is 0 Å². The summed E-state index contributed by atoms with van der Waals surface area (Å²) in [7, 11) is 0. The van der Waals surface area contributed by atoms with Gasteiger partial charge in [-0.3, -0.25) is 0 Å². The molecule has 0 aliphatic heterocycles. The molecule has 0 radical (unpaired) electrons. The molecule has 0 aromatic rings. The maximum absolute atomic E-state index is 10.2. The number of carbonyl (C=O) groups excluding carboxylic acids is 2. The van der Waals surface area contributed by atoms with Crippen molar-refractivity contribution in [1.29, 1.82) is 0 Å². The summed E-state index contributed by atoms with van der Waals surface area (Å²) in [6.45, 7) is 6.17. The van der Waals surface area contributed by atoms with Gasteiger partial charge in [0, 0.05) is 12.2 Å². The summed E-state index contributed by atoms with van der Waals surface area (Å²) in [5.41, 5.74) is 0. The zero-order chi connectivity index (χ0) is 7.28. The van der Waals surface area contributed by atoms with Gasteiger partial charge in [0.15, 0.2) is 0 Å². The first-order valence-corrected chi connectivity index (χ1v) is 2.21. The van der Waals surface area contributed by atoms with Crippen molar-refractivity contribution in [3.8, 4) is 0 Å². The van der Waals surface area contributed by atoms with Crippen molar-refractivity contribution < 1.29 is 14.3 Å². The standard InChI is InChI=1S/C6H6O3.Ca.Na.3H/c1-3-5(7)9-6(8)4-2;;;;;/h3-4H,1-2H2;;;;;. The van der Waals surface area contributed by atoms with Crippen molar-refractivity contribution in [2.45, 2.75) is 0 Å². The Morgan fingerprint density at radius 3 is 1.55 bits per heavy atom. The van der Waals surface area contributed by atoms with E-state index in [4.69, 9.17) is 0 Å². The Bertz CT molecular complexity index is 149. The summed E-state index contributed by atoms with van der Waals surface area (Å²) in [6.07, 6.45) is 1.81. The summed E-state index contributed by atoms with van der Waals surface area (Å²) in [5.74, 6) is -1.53. The number of carbonyl (C=O) groups is 2. The average molecular weight is 192 g/mol. The van der Waals surface area contributed by atoms with Gasteiger partial charge in [0.1, 0.15) is 0 Å². The molecule has 0 saturated carbocycles. The van der Waals surface area contributed by atoms with Crippen LogP contribution in [0.2, 0.25) is 0 Å². The second-order valence-electron chi connectivity index (χ2n) is 1.15. The molecule has 0 unspecified atom stereocenters. The number of hydrogen-bond donors (Lipinski definition) is 0. The molecule has 0 bridgehead atoms. The zero-order valence-corrected chi connectivity index (χ0v) is 4.79. The van der Waals surface area contributed by atoms with E-state index >= 15 is 0 Å². The van der Waals surface area contributed by atoms with Gasteiger partial charge in [0.05, 0.1) is 0 Å². The van der Waals surface area contributed by atoms with Crippen molar-refractivity contribution >= 4 is 79.2 Å². The predicted molar refractivity (Wildman–Crippen MR) is 47.2 cm³/mol. The molecule has 5 heteroatoms. The first kappa shape index (κ1) is 17.8. The van der Waals surface area contributed by atoms with Gasteiger partial charge in [-0.15, -0.1) is 0 Å². The molecule has 0 aliphatic carbocycles. The maximum atomic E-state index is 10.2. The molecule has 0 aromatic heterocycles. The van der Waals surface area contributed by atoms with Crippen molar-refractivity contribution in [3.05, 3.63) is 25.3 Å². The summed E-state index contributed by atoms with van der Waals surface area (Å²) in [4.78, 5) is 20.3. The Kier molecular flexibility index (Phi) is 17.6. The second kappa shape index (κ2) is 10.9. The van der Waals surface area contributed by atoms with Gasteiger partial charge >= 0.3 is 79.2 Å². The SMILES string of the molecule is C=CC(=O)OC(=O)C=C.[CaH2].[NaH]. The van der Waals surface area contributed by atoms with Crippen molar-refractivity contribution in [2.24, 2.45) is 0 Å². The molecule has 0 atom stereocenters. The number of esters is 2. The molecule has 0 N–H and O–H groups in total. The van der Waals surface area contributed by atoms with Crippen molar-refractivity contribution in [3.63, 3.8) is 0 Å². The van der Waals surface area contributed by atoms with E-state index in [9.17, 15) is 9.59 Å². The fourth-order valence-electron chi connectivity index (χ4n) is 0.182. The number of rotatable bonds is 2. The molecule has 11 heavy (non-hydrogen) atoms. The van der Waals surface area contributed by atoms with Crippen LogP contribution in [0, 0.1) is 0 Å². The van der Waals surface area contributed by atoms with E-state index in [-0.39, 0.29) is 67.3 Å². The van der Waals surface area contributed by atoms with Gasteiger partial charge in [-0.05, 0) is 0 Å². The summed E-state index contributed by atoms with van der Waals surface area (Å²) >= 11 is 0. The Morgan fingerprint density at radius 1 is 1.09 bits per heavy atom. The van der Waals surface area contributed by atoms with E-state index in [0.29, 0.717) is 0 Å². The molecular formula is C6H9CaNaO3. The van der Waals surface area contributed by atoms with Crippen molar-refractivity contribution in [2.75, 3.05) is 0 Å². The quantitative estimate of drug-likeness (QED) is 0.240. The zero-order valence-electron chi connectivity index (χ0n) is 4.79. The second-order valence-corrected chi connectivity index (χ2v) is 1.15. The normalized spacial score (nSPS) is 6.18. The summed E-state index contributed by atoms with van der Waals surface area (Å²) in [6, 6.07) is 0. The first-order valence-electron chi connectivity index (χ1n) is 2.21. The first-order chi connectivity index (χ1) is 4.20. The van der Waals surface area contributed by atoms with Crippen LogP contribution in [0.15, 0.2) is 25.3 Å². The van der Waals surface area contributed by atoms with Gasteiger partial charge in [0.2, 0.25) is 0 Å². The molecule has 0 spiro atoms. The molecule has 3 nitrogen and oxygen atoms in total. The van der Waals surface area contributed by atoms with Gasteiger partial charge in [0.25, 0.3) is 0 Å². The Morgan fingerprint density at radius 2 is 1.36 bits per heavy atom. The molecule has 0 amide bonds. The van der Waals surface area contributed by atoms with Gasteiger partial charge < -0.3 is 4.74 Å². The fraction of sp³-hybridized carbons (Fsp3) is 0. The third-order valence-corrected chi connectivity index (χ3v) is 0.535. The molecular weight excluding hydrogens is 183 g/mol. The van der Waals surface area contributed by atoms with E-state index in [1.165, 1.54) is 0 Å². The predicted octanol–water partition coefficient (Wildman–Crippen LogP) is -1.14. The van der Waals surface area contributed by atoms with Crippen LogP contribution in [0.25, 0.3) is 0 Å². The molecule has 0 aromatic carbocycles. The Hall–Kier alpha value is 0.880. The summed E-state index contributed by atoms with van der Waals surface area (Å²) < 4.78 is 4.03. The van der Waals surface area contributed by atoms with Gasteiger partial charge in [-0.25, -0.2) is 9.59 Å². The van der Waals surface area contributed by atoms with Crippen LogP contribution in [0.5, 0.6) is 0 Å². The number of ether oxygens (including phenoxy) is 1. The van der Waals surface area contributed by atoms with Crippen LogP contribution in [-0.2, 0) is 14.3 Å². The molecule has 0 fully saturated rings. The van der Waals surface area contributed by atoms with Crippen LogP contribution < -0.4 is 0 Å². The van der Waals surface area contributed by atoms with E-state index in [1.807, 2.05) is 0 Å². The summed E-state index contributed by atoms with van der Waals surface area (Å²) in [5, 5.41) is 0. The molecule has 0 aliphatic rings. The van der Waals surface area contributed by atoms with Gasteiger partial charge in [-0.1, -0.05) is 13.2 Å². The van der Waals surface area contributed by atoms with E-state index in [2.05, 4.69) is 17.9 Å². The Labute approximate surface area is 117 Å². The molecule has 0 rings (SSSR count). The van der Waals surface area contributed by atoms with Gasteiger partial charge in [-0.2, -0.15) is 0 Å². The number of hydrogen-bond acceptors (Lipinski definition) is 3. The monoisotopic (exact) mass is 192 g/mol. The average Bonchev–Trinajstić information content (AvgIpc) is 1.87. The van der Waals surface area contributed by atoms with Crippen LogP contribution >= 0.6 is 0 Å². The van der Waals surface area contributed by atoms with E-state index < -0.39 is 11.9 Å². The minimum atomic E-state index is -0.764. The minimum absolute atomic E-state index is 0. The van der Waals surface area contributed by atoms with E-state index in [1.54, 1.807) is 0 Å². The molecule has 0 heterocycles. The van der Waals surface area contributed by atoms with Crippen LogP contribution in [-0.4, -0.2) is 79.2 Å². The molecule has 0 saturated heterocycles. The Balaban J connectivity index is -0.000000320. The van der Waals surface area contributed by atoms with Crippen LogP contribution in [0.3, 0.4) is 0 Å². The van der Waals surface area contributed by atoms with E-state index in [0.717, 1.165) is 12.2 Å². The third kappa shape index (κ3) is 10.9. The fourth-order valence-corrected chi connectivity index (χ4v) is 0.182. The molecule has 54 valence electrons. The van der Waals surface area contributed by atoms with Crippen LogP contribution in [0.4, 0.5) is 0 Å².